The van der Waals surface area contributed by atoms with Crippen molar-refractivity contribution < 1.29 is 28.9 Å². The van der Waals surface area contributed by atoms with Crippen LogP contribution >= 0.6 is 11.6 Å². The van der Waals surface area contributed by atoms with Crippen LogP contribution in [0.3, 0.4) is 0 Å². The number of carbonyl (C=O) groups excluding carboxylic acids is 1. The standard InChI is InChI=1S/C44H54ClN3O6/c1-28(27-53-38-14-20-46-37-9-4-3-8-35(37)38)22-30-23-29-24-39-40(54-41(15-21-52-39)48(2)33-10-12-34(49)13-11-33)26-36(29)43(30)16-18-44(19-17-43,42(50)51)47-32-7-5-6-31(45)25-32/h5-7,14,20,24-26,28,30,33,41,47H,3-4,8-13,15-19,21-23,27H2,1-2H3,(H,50,51)/t28-,30?,41?,43?,44?/m1/s1. The monoisotopic (exact) mass is 755 g/mol. The van der Waals surface area contributed by atoms with Gasteiger partial charge in [-0.05, 0) is 149 Å². The van der Waals surface area contributed by atoms with E-state index in [0.29, 0.717) is 61.7 Å². The van der Waals surface area contributed by atoms with E-state index < -0.39 is 11.5 Å². The summed E-state index contributed by atoms with van der Waals surface area (Å²) in [4.78, 5) is 32.0. The third-order valence-electron chi connectivity index (χ3n) is 13.4. The van der Waals surface area contributed by atoms with Crippen molar-refractivity contribution in [3.05, 3.63) is 76.1 Å². The second-order valence-corrected chi connectivity index (χ2v) is 17.2. The predicted octanol–water partition coefficient (Wildman–Crippen LogP) is 8.57. The van der Waals surface area contributed by atoms with Gasteiger partial charge in [-0.1, -0.05) is 24.6 Å². The molecule has 2 N–H and O–H groups in total. The normalized spacial score (nSPS) is 27.2. The predicted molar refractivity (Wildman–Crippen MR) is 209 cm³/mol. The van der Waals surface area contributed by atoms with Gasteiger partial charge in [0.25, 0.3) is 0 Å². The van der Waals surface area contributed by atoms with Crippen molar-refractivity contribution >= 4 is 29.0 Å². The first-order valence-corrected chi connectivity index (χ1v) is 20.6. The van der Waals surface area contributed by atoms with Crippen LogP contribution in [-0.2, 0) is 34.3 Å². The molecule has 0 radical (unpaired) electrons. The first-order valence-electron chi connectivity index (χ1n) is 20.2. The fourth-order valence-corrected chi connectivity index (χ4v) is 10.5. The number of hydrogen-bond acceptors (Lipinski definition) is 8. The molecule has 54 heavy (non-hydrogen) atoms. The van der Waals surface area contributed by atoms with Crippen LogP contribution in [0.1, 0.15) is 106 Å². The van der Waals surface area contributed by atoms with Crippen LogP contribution in [0.4, 0.5) is 5.69 Å². The number of anilines is 1. The summed E-state index contributed by atoms with van der Waals surface area (Å²) in [7, 11) is 2.12. The molecule has 4 aliphatic carbocycles. The molecular formula is C44H54ClN3O6. The number of Topliss-reactive ketones (excluding diaryl/α,β-unsaturated/α-hetero) is 1. The summed E-state index contributed by atoms with van der Waals surface area (Å²) >= 11 is 6.32. The number of carbonyl (C=O) groups is 2. The van der Waals surface area contributed by atoms with Gasteiger partial charge in [-0.15, -0.1) is 0 Å². The van der Waals surface area contributed by atoms with Crippen molar-refractivity contribution in [3.8, 4) is 17.2 Å². The molecule has 2 aromatic carbocycles. The topological polar surface area (TPSA) is 110 Å². The quantitative estimate of drug-likeness (QED) is 0.210. The lowest BCUT2D eigenvalue weighted by Crippen LogP contribution is -2.53. The Morgan fingerprint density at radius 3 is 2.63 bits per heavy atom. The third-order valence-corrected chi connectivity index (χ3v) is 13.6. The lowest BCUT2D eigenvalue weighted by atomic mass is 9.59. The molecule has 2 saturated carbocycles. The van der Waals surface area contributed by atoms with E-state index in [1.165, 1.54) is 35.2 Å². The largest absolute Gasteiger partial charge is 0.493 e. The van der Waals surface area contributed by atoms with E-state index in [4.69, 9.17) is 25.8 Å². The van der Waals surface area contributed by atoms with Gasteiger partial charge in [-0.25, -0.2) is 4.79 Å². The summed E-state index contributed by atoms with van der Waals surface area (Å²) in [5, 5.41) is 14.7. The van der Waals surface area contributed by atoms with Crippen molar-refractivity contribution in [2.24, 2.45) is 11.8 Å². The number of pyridine rings is 1. The second-order valence-electron chi connectivity index (χ2n) is 16.8. The van der Waals surface area contributed by atoms with Crippen LogP contribution in [0.25, 0.3) is 0 Å². The molecule has 2 fully saturated rings. The number of ketones is 1. The fraction of sp³-hybridized carbons (Fsp3) is 0.568. The number of halogens is 1. The molecule has 3 atom stereocenters. The Hall–Kier alpha value is -3.82. The number of carboxylic acid groups (broad SMARTS) is 1. The highest BCUT2D eigenvalue weighted by atomic mass is 35.5. The summed E-state index contributed by atoms with van der Waals surface area (Å²) < 4.78 is 19.8. The summed E-state index contributed by atoms with van der Waals surface area (Å²) in [6, 6.07) is 14.1. The van der Waals surface area contributed by atoms with Crippen molar-refractivity contribution in [1.29, 1.82) is 0 Å². The zero-order valence-corrected chi connectivity index (χ0v) is 32.5. The smallest absolute Gasteiger partial charge is 0.329 e. The highest BCUT2D eigenvalue weighted by molar-refractivity contribution is 6.30. The SMILES string of the molecule is C[C@@H](COc1ccnc2c1CCCC2)CC1Cc2cc3c(cc2C12CCC(Nc1cccc(Cl)c1)(C(=O)O)CC2)OC(N(C)C1CCC(=O)CC1)CCO3. The summed E-state index contributed by atoms with van der Waals surface area (Å²) in [5.41, 5.74) is 4.41. The number of aryl methyl sites for hydroxylation is 1. The molecule has 2 heterocycles. The van der Waals surface area contributed by atoms with Crippen LogP contribution in [0, 0.1) is 11.8 Å². The van der Waals surface area contributed by atoms with Gasteiger partial charge in [0.2, 0.25) is 0 Å². The van der Waals surface area contributed by atoms with Gasteiger partial charge in [0, 0.05) is 53.5 Å². The Labute approximate surface area is 324 Å². The van der Waals surface area contributed by atoms with E-state index in [-0.39, 0.29) is 17.6 Å². The van der Waals surface area contributed by atoms with Crippen molar-refractivity contribution in [2.75, 3.05) is 25.6 Å². The molecule has 3 aromatic rings. The number of hydrogen-bond donors (Lipinski definition) is 2. The molecule has 1 aliphatic heterocycles. The van der Waals surface area contributed by atoms with Gasteiger partial charge in [0.15, 0.2) is 17.7 Å². The maximum Gasteiger partial charge on any atom is 0.329 e. The van der Waals surface area contributed by atoms with Crippen LogP contribution in [-0.4, -0.2) is 64.8 Å². The number of fused-ring (bicyclic) bond motifs is 4. The zero-order valence-electron chi connectivity index (χ0n) is 31.7. The maximum atomic E-state index is 13.1. The molecule has 0 amide bonds. The molecule has 1 spiro atoms. The summed E-state index contributed by atoms with van der Waals surface area (Å²) in [6.45, 7) is 3.47. The van der Waals surface area contributed by atoms with Gasteiger partial charge in [0.05, 0.1) is 13.2 Å². The Bertz CT molecular complexity index is 1860. The number of ether oxygens (including phenoxy) is 3. The van der Waals surface area contributed by atoms with Crippen molar-refractivity contribution in [3.63, 3.8) is 0 Å². The van der Waals surface area contributed by atoms with Crippen LogP contribution in [0.2, 0.25) is 5.02 Å². The molecule has 9 nitrogen and oxygen atoms in total. The number of benzene rings is 2. The van der Waals surface area contributed by atoms with Gasteiger partial charge in [0.1, 0.15) is 17.1 Å². The third kappa shape index (κ3) is 7.30. The first kappa shape index (κ1) is 37.1. The van der Waals surface area contributed by atoms with Crippen LogP contribution in [0.15, 0.2) is 48.7 Å². The molecule has 288 valence electrons. The van der Waals surface area contributed by atoms with Crippen LogP contribution < -0.4 is 19.5 Å². The molecule has 0 saturated heterocycles. The Kier molecular flexibility index (Phi) is 10.6. The number of rotatable bonds is 10. The lowest BCUT2D eigenvalue weighted by molar-refractivity contribution is -0.144. The van der Waals surface area contributed by atoms with E-state index >= 15 is 0 Å². The summed E-state index contributed by atoms with van der Waals surface area (Å²) in [6.07, 6.45) is 14.1. The minimum atomic E-state index is -1.10. The Morgan fingerprint density at radius 1 is 1.06 bits per heavy atom. The summed E-state index contributed by atoms with van der Waals surface area (Å²) in [5.74, 6) is 2.64. The number of nitrogens with one attached hydrogen (secondary N) is 1. The van der Waals surface area contributed by atoms with Crippen molar-refractivity contribution in [1.82, 2.24) is 9.88 Å². The Morgan fingerprint density at radius 2 is 1.85 bits per heavy atom. The zero-order chi connectivity index (χ0) is 37.5. The average molecular weight is 756 g/mol. The second kappa shape index (κ2) is 15.4. The molecule has 1 aromatic heterocycles. The lowest BCUT2D eigenvalue weighted by Gasteiger charge is -2.47. The Balaban J connectivity index is 1.07. The van der Waals surface area contributed by atoms with E-state index in [2.05, 4.69) is 41.3 Å². The average Bonchev–Trinajstić information content (AvgIpc) is 3.29. The van der Waals surface area contributed by atoms with Crippen LogP contribution in [0.5, 0.6) is 17.2 Å². The molecule has 5 aliphatic rings. The highest BCUT2D eigenvalue weighted by Crippen LogP contribution is 2.58. The van der Waals surface area contributed by atoms with E-state index in [9.17, 15) is 14.7 Å². The van der Waals surface area contributed by atoms with Gasteiger partial charge >= 0.3 is 5.97 Å². The first-order chi connectivity index (χ1) is 26.1. The van der Waals surface area contributed by atoms with Gasteiger partial charge in [-0.3, -0.25) is 14.7 Å². The molecule has 0 bridgehead atoms. The fourth-order valence-electron chi connectivity index (χ4n) is 10.3. The van der Waals surface area contributed by atoms with Crippen molar-refractivity contribution in [2.45, 2.75) is 126 Å². The molecule has 10 heteroatoms. The number of aliphatic carboxylic acids is 1. The highest BCUT2D eigenvalue weighted by Gasteiger charge is 2.54. The number of aromatic nitrogens is 1. The minimum absolute atomic E-state index is 0.153. The van der Waals surface area contributed by atoms with E-state index in [0.717, 1.165) is 80.7 Å². The van der Waals surface area contributed by atoms with Gasteiger partial charge in [-0.2, -0.15) is 0 Å². The number of carboxylic acids is 1. The van der Waals surface area contributed by atoms with E-state index in [1.54, 1.807) is 12.1 Å². The van der Waals surface area contributed by atoms with E-state index in [1.807, 2.05) is 24.4 Å². The number of nitrogens with zero attached hydrogens (tertiary/aromatic N) is 2. The molecular weight excluding hydrogens is 702 g/mol. The maximum absolute atomic E-state index is 13.1. The molecule has 8 rings (SSSR count). The minimum Gasteiger partial charge on any atom is -0.493 e. The van der Waals surface area contributed by atoms with Gasteiger partial charge < -0.3 is 24.6 Å². The molecule has 2 unspecified atom stereocenters.